The lowest BCUT2D eigenvalue weighted by Crippen LogP contribution is -2.29. The molecular formula is C18H24F3N. The molecule has 0 spiro atoms. The summed E-state index contributed by atoms with van der Waals surface area (Å²) in [5, 5.41) is 0. The molecule has 1 aliphatic heterocycles. The van der Waals surface area contributed by atoms with Crippen LogP contribution in [0.5, 0.6) is 0 Å². The van der Waals surface area contributed by atoms with Crippen molar-refractivity contribution in [2.75, 3.05) is 18.0 Å². The minimum absolute atomic E-state index is 0.160. The van der Waals surface area contributed by atoms with E-state index in [1.54, 1.807) is 13.8 Å². The standard InChI is InChI=1S/C18H24F3N/c1-12(2)14-17(21)15(19)13(3)16(20)18(14)22-10-8-6-4-5-7-9-11-22/h4-5,12H,6-11H2,1-3H3/b5-4-. The van der Waals surface area contributed by atoms with Crippen LogP contribution in [0.15, 0.2) is 12.2 Å². The molecule has 0 saturated heterocycles. The fraction of sp³-hybridized carbons (Fsp3) is 0.556. The van der Waals surface area contributed by atoms with E-state index in [0.717, 1.165) is 25.7 Å². The van der Waals surface area contributed by atoms with Crippen LogP contribution in [0.25, 0.3) is 0 Å². The molecule has 0 amide bonds. The molecule has 2 rings (SSSR count). The summed E-state index contributed by atoms with van der Waals surface area (Å²) in [6.07, 6.45) is 7.89. The maximum absolute atomic E-state index is 14.7. The average molecular weight is 311 g/mol. The van der Waals surface area contributed by atoms with Crippen molar-refractivity contribution in [2.45, 2.75) is 52.4 Å². The van der Waals surface area contributed by atoms with Gasteiger partial charge in [-0.15, -0.1) is 0 Å². The predicted molar refractivity (Wildman–Crippen MR) is 85.0 cm³/mol. The van der Waals surface area contributed by atoms with Gasteiger partial charge in [-0.1, -0.05) is 26.0 Å². The van der Waals surface area contributed by atoms with Crippen LogP contribution in [0.4, 0.5) is 18.9 Å². The Kier molecular flexibility index (Phi) is 5.54. The quantitative estimate of drug-likeness (QED) is 0.517. The summed E-state index contributed by atoms with van der Waals surface area (Å²) in [7, 11) is 0. The Labute approximate surface area is 130 Å². The normalized spacial score (nSPS) is 18.0. The molecule has 0 radical (unpaired) electrons. The minimum atomic E-state index is -1.06. The van der Waals surface area contributed by atoms with Gasteiger partial charge in [-0.2, -0.15) is 0 Å². The van der Waals surface area contributed by atoms with Crippen molar-refractivity contribution in [2.24, 2.45) is 0 Å². The Morgan fingerprint density at radius 3 is 1.95 bits per heavy atom. The second-order valence-electron chi connectivity index (χ2n) is 6.23. The van der Waals surface area contributed by atoms with Gasteiger partial charge in [0.2, 0.25) is 0 Å². The first-order valence-electron chi connectivity index (χ1n) is 8.02. The first kappa shape index (κ1) is 16.9. The number of nitrogens with zero attached hydrogens (tertiary/aromatic N) is 1. The molecule has 1 heterocycles. The van der Waals surface area contributed by atoms with E-state index >= 15 is 0 Å². The van der Waals surface area contributed by atoms with Crippen molar-refractivity contribution >= 4 is 5.69 Å². The van der Waals surface area contributed by atoms with Crippen LogP contribution in [-0.4, -0.2) is 13.1 Å². The maximum atomic E-state index is 14.7. The fourth-order valence-corrected chi connectivity index (χ4v) is 2.99. The van der Waals surface area contributed by atoms with Crippen LogP contribution in [0, 0.1) is 24.4 Å². The predicted octanol–water partition coefficient (Wildman–Crippen LogP) is 5.47. The summed E-state index contributed by atoms with van der Waals surface area (Å²) in [4.78, 5) is 1.90. The van der Waals surface area contributed by atoms with Crippen molar-refractivity contribution in [1.29, 1.82) is 0 Å². The molecule has 1 aromatic rings. The molecule has 1 nitrogen and oxygen atoms in total. The smallest absolute Gasteiger partial charge is 0.165 e. The van der Waals surface area contributed by atoms with Gasteiger partial charge in [0.05, 0.1) is 5.69 Å². The Bertz CT molecular complexity index is 552. The fourth-order valence-electron chi connectivity index (χ4n) is 2.99. The topological polar surface area (TPSA) is 3.24 Å². The Morgan fingerprint density at radius 2 is 1.45 bits per heavy atom. The van der Waals surface area contributed by atoms with Gasteiger partial charge >= 0.3 is 0 Å². The largest absolute Gasteiger partial charge is 0.369 e. The second kappa shape index (κ2) is 7.21. The van der Waals surface area contributed by atoms with E-state index in [4.69, 9.17) is 0 Å². The molecule has 0 aromatic heterocycles. The van der Waals surface area contributed by atoms with Crippen LogP contribution in [-0.2, 0) is 0 Å². The molecule has 0 saturated carbocycles. The van der Waals surface area contributed by atoms with E-state index < -0.39 is 17.5 Å². The molecule has 0 fully saturated rings. The SMILES string of the molecule is Cc1c(F)c(F)c(C(C)C)c(N2CCC/C=C\CCC2)c1F. The number of benzene rings is 1. The van der Waals surface area contributed by atoms with Gasteiger partial charge in [0.25, 0.3) is 0 Å². The molecule has 22 heavy (non-hydrogen) atoms. The van der Waals surface area contributed by atoms with Gasteiger partial charge in [0.1, 0.15) is 0 Å². The highest BCUT2D eigenvalue weighted by Gasteiger charge is 2.27. The zero-order valence-electron chi connectivity index (χ0n) is 13.6. The number of allylic oxidation sites excluding steroid dienone is 2. The van der Waals surface area contributed by atoms with Crippen LogP contribution in [0.1, 0.15) is 56.6 Å². The summed E-state index contributed by atoms with van der Waals surface area (Å²) in [6.45, 7) is 6.16. The van der Waals surface area contributed by atoms with E-state index in [-0.39, 0.29) is 22.7 Å². The van der Waals surface area contributed by atoms with Crippen molar-refractivity contribution < 1.29 is 13.2 Å². The Morgan fingerprint density at radius 1 is 0.909 bits per heavy atom. The second-order valence-corrected chi connectivity index (χ2v) is 6.23. The minimum Gasteiger partial charge on any atom is -0.369 e. The van der Waals surface area contributed by atoms with Crippen molar-refractivity contribution in [3.63, 3.8) is 0 Å². The third-order valence-corrected chi connectivity index (χ3v) is 4.21. The molecule has 1 aliphatic rings. The molecule has 0 bridgehead atoms. The van der Waals surface area contributed by atoms with Crippen molar-refractivity contribution in [3.05, 3.63) is 40.7 Å². The van der Waals surface area contributed by atoms with Crippen molar-refractivity contribution in [1.82, 2.24) is 0 Å². The molecule has 4 heteroatoms. The molecule has 0 atom stereocenters. The van der Waals surface area contributed by atoms with E-state index in [1.165, 1.54) is 6.92 Å². The average Bonchev–Trinajstić information content (AvgIpc) is 2.61. The molecule has 1 aromatic carbocycles. The highest BCUT2D eigenvalue weighted by molar-refractivity contribution is 5.59. The van der Waals surface area contributed by atoms with Crippen LogP contribution in [0.3, 0.4) is 0 Å². The first-order valence-corrected chi connectivity index (χ1v) is 8.02. The zero-order valence-corrected chi connectivity index (χ0v) is 13.6. The highest BCUT2D eigenvalue weighted by atomic mass is 19.2. The number of rotatable bonds is 2. The first-order chi connectivity index (χ1) is 10.4. The third-order valence-electron chi connectivity index (χ3n) is 4.21. The molecule has 0 unspecified atom stereocenters. The van der Waals surface area contributed by atoms with E-state index in [9.17, 15) is 13.2 Å². The van der Waals surface area contributed by atoms with Gasteiger partial charge < -0.3 is 4.90 Å². The van der Waals surface area contributed by atoms with E-state index in [1.807, 2.05) is 4.90 Å². The van der Waals surface area contributed by atoms with Crippen LogP contribution >= 0.6 is 0 Å². The number of hydrogen-bond acceptors (Lipinski definition) is 1. The lowest BCUT2D eigenvalue weighted by atomic mass is 9.96. The zero-order chi connectivity index (χ0) is 16.3. The van der Waals surface area contributed by atoms with Gasteiger partial charge in [-0.3, -0.25) is 0 Å². The lowest BCUT2D eigenvalue weighted by molar-refractivity contribution is 0.470. The molecule has 0 N–H and O–H groups in total. The number of halogens is 3. The van der Waals surface area contributed by atoms with E-state index in [0.29, 0.717) is 13.1 Å². The van der Waals surface area contributed by atoms with Crippen LogP contribution < -0.4 is 4.90 Å². The molecular weight excluding hydrogens is 287 g/mol. The third kappa shape index (κ3) is 3.31. The van der Waals surface area contributed by atoms with Gasteiger partial charge in [-0.05, 0) is 38.5 Å². The van der Waals surface area contributed by atoms with Gasteiger partial charge in [0, 0.05) is 24.2 Å². The summed E-state index contributed by atoms with van der Waals surface area (Å²) >= 11 is 0. The lowest BCUT2D eigenvalue weighted by Gasteiger charge is -2.29. The van der Waals surface area contributed by atoms with Crippen molar-refractivity contribution in [3.8, 4) is 0 Å². The Hall–Kier alpha value is -1.45. The summed E-state index contributed by atoms with van der Waals surface area (Å²) in [6, 6.07) is 0. The number of hydrogen-bond donors (Lipinski definition) is 0. The summed E-state index contributed by atoms with van der Waals surface area (Å²) in [5.41, 5.74) is 0.191. The molecule has 0 aliphatic carbocycles. The van der Waals surface area contributed by atoms with Crippen LogP contribution in [0.2, 0.25) is 0 Å². The monoisotopic (exact) mass is 311 g/mol. The highest BCUT2D eigenvalue weighted by Crippen LogP contribution is 2.37. The van der Waals surface area contributed by atoms with Gasteiger partial charge in [0.15, 0.2) is 17.5 Å². The Balaban J connectivity index is 2.52. The van der Waals surface area contributed by atoms with E-state index in [2.05, 4.69) is 12.2 Å². The summed E-state index contributed by atoms with van der Waals surface area (Å²) in [5.74, 6) is -2.85. The molecule has 122 valence electrons. The summed E-state index contributed by atoms with van der Waals surface area (Å²) < 4.78 is 43.0. The maximum Gasteiger partial charge on any atom is 0.165 e. The van der Waals surface area contributed by atoms with Gasteiger partial charge in [-0.25, -0.2) is 13.2 Å². The number of anilines is 1.